The standard InChI is InChI=1S/C17H30O/c1-3-5-13-17(18,14-6-4-2)15-9-12-16-10-7-8-11-16/h16,18H,3-8,10-14H2,1-2H3. The highest BCUT2D eigenvalue weighted by Crippen LogP contribution is 2.27. The van der Waals surface area contributed by atoms with E-state index >= 15 is 0 Å². The van der Waals surface area contributed by atoms with Crippen molar-refractivity contribution in [2.75, 3.05) is 0 Å². The fourth-order valence-corrected chi connectivity index (χ4v) is 2.76. The number of hydrogen-bond acceptors (Lipinski definition) is 1. The highest BCUT2D eigenvalue weighted by Gasteiger charge is 2.22. The summed E-state index contributed by atoms with van der Waals surface area (Å²) in [7, 11) is 0. The summed E-state index contributed by atoms with van der Waals surface area (Å²) in [5.41, 5.74) is -0.704. The number of rotatable bonds is 7. The summed E-state index contributed by atoms with van der Waals surface area (Å²) in [6.07, 6.45) is 12.6. The molecular formula is C17H30O. The van der Waals surface area contributed by atoms with Gasteiger partial charge in [0.1, 0.15) is 5.60 Å². The van der Waals surface area contributed by atoms with E-state index in [0.717, 1.165) is 50.9 Å². The maximum Gasteiger partial charge on any atom is 0.125 e. The van der Waals surface area contributed by atoms with E-state index in [4.69, 9.17) is 0 Å². The van der Waals surface area contributed by atoms with Gasteiger partial charge in [-0.2, -0.15) is 0 Å². The lowest BCUT2D eigenvalue weighted by molar-refractivity contribution is 0.0772. The van der Waals surface area contributed by atoms with Crippen LogP contribution in [0.25, 0.3) is 0 Å². The molecule has 1 heteroatoms. The van der Waals surface area contributed by atoms with Gasteiger partial charge in [-0.15, -0.1) is 0 Å². The van der Waals surface area contributed by atoms with Crippen LogP contribution >= 0.6 is 0 Å². The van der Waals surface area contributed by atoms with Crippen molar-refractivity contribution in [2.24, 2.45) is 5.92 Å². The van der Waals surface area contributed by atoms with Crippen LogP contribution in [0.3, 0.4) is 0 Å². The third kappa shape index (κ3) is 5.91. The fourth-order valence-electron chi connectivity index (χ4n) is 2.76. The van der Waals surface area contributed by atoms with Gasteiger partial charge in [-0.25, -0.2) is 0 Å². The Morgan fingerprint density at radius 2 is 1.61 bits per heavy atom. The van der Waals surface area contributed by atoms with E-state index in [2.05, 4.69) is 25.7 Å². The zero-order valence-corrected chi connectivity index (χ0v) is 12.3. The summed E-state index contributed by atoms with van der Waals surface area (Å²) in [4.78, 5) is 0. The van der Waals surface area contributed by atoms with Crippen LogP contribution in [-0.4, -0.2) is 10.7 Å². The Bertz CT molecular complexity index is 257. The van der Waals surface area contributed by atoms with Crippen LogP contribution in [0, 0.1) is 17.8 Å². The Kier molecular flexibility index (Phi) is 7.44. The minimum Gasteiger partial charge on any atom is -0.378 e. The van der Waals surface area contributed by atoms with Gasteiger partial charge in [-0.3, -0.25) is 0 Å². The second-order valence-electron chi connectivity index (χ2n) is 5.90. The van der Waals surface area contributed by atoms with Gasteiger partial charge < -0.3 is 5.11 Å². The van der Waals surface area contributed by atoms with Crippen molar-refractivity contribution < 1.29 is 5.11 Å². The first-order valence-corrected chi connectivity index (χ1v) is 7.92. The third-order valence-electron chi connectivity index (χ3n) is 4.07. The highest BCUT2D eigenvalue weighted by molar-refractivity contribution is 5.14. The molecule has 0 radical (unpaired) electrons. The summed E-state index contributed by atoms with van der Waals surface area (Å²) in [5.74, 6) is 7.29. The first kappa shape index (κ1) is 15.6. The fraction of sp³-hybridized carbons (Fsp3) is 0.882. The van der Waals surface area contributed by atoms with Crippen molar-refractivity contribution >= 4 is 0 Å². The van der Waals surface area contributed by atoms with Gasteiger partial charge in [-0.1, -0.05) is 51.4 Å². The second kappa shape index (κ2) is 8.59. The van der Waals surface area contributed by atoms with Crippen molar-refractivity contribution in [3.05, 3.63) is 0 Å². The van der Waals surface area contributed by atoms with Crippen LogP contribution in [-0.2, 0) is 0 Å². The molecule has 104 valence electrons. The summed E-state index contributed by atoms with van der Waals surface area (Å²) in [5, 5.41) is 10.6. The summed E-state index contributed by atoms with van der Waals surface area (Å²) >= 11 is 0. The van der Waals surface area contributed by atoms with Crippen LogP contribution in [0.5, 0.6) is 0 Å². The molecule has 1 rings (SSSR count). The molecule has 1 nitrogen and oxygen atoms in total. The Morgan fingerprint density at radius 1 is 1.06 bits per heavy atom. The highest BCUT2D eigenvalue weighted by atomic mass is 16.3. The molecule has 0 aromatic heterocycles. The zero-order valence-electron chi connectivity index (χ0n) is 12.3. The molecule has 0 amide bonds. The van der Waals surface area contributed by atoms with Gasteiger partial charge in [0.05, 0.1) is 0 Å². The molecule has 1 aliphatic carbocycles. The molecule has 0 aromatic carbocycles. The number of hydrogen-bond donors (Lipinski definition) is 1. The molecule has 0 aliphatic heterocycles. The summed E-state index contributed by atoms with van der Waals surface area (Å²) < 4.78 is 0. The van der Waals surface area contributed by atoms with E-state index < -0.39 is 5.60 Å². The van der Waals surface area contributed by atoms with Crippen LogP contribution in [0.4, 0.5) is 0 Å². The molecule has 0 spiro atoms. The Morgan fingerprint density at radius 3 is 2.11 bits per heavy atom. The lowest BCUT2D eigenvalue weighted by Gasteiger charge is -2.22. The molecule has 0 heterocycles. The molecule has 1 aliphatic rings. The van der Waals surface area contributed by atoms with Gasteiger partial charge in [0.2, 0.25) is 0 Å². The van der Waals surface area contributed by atoms with E-state index in [1.165, 1.54) is 25.7 Å². The van der Waals surface area contributed by atoms with Crippen LogP contribution in [0.2, 0.25) is 0 Å². The lowest BCUT2D eigenvalue weighted by atomic mass is 9.91. The molecule has 0 saturated heterocycles. The molecule has 1 saturated carbocycles. The Hall–Kier alpha value is -0.480. The maximum atomic E-state index is 10.6. The maximum absolute atomic E-state index is 10.6. The molecule has 1 fully saturated rings. The minimum absolute atomic E-state index is 0.704. The third-order valence-corrected chi connectivity index (χ3v) is 4.07. The van der Waals surface area contributed by atoms with E-state index in [9.17, 15) is 5.11 Å². The van der Waals surface area contributed by atoms with E-state index in [1.807, 2.05) is 0 Å². The first-order valence-electron chi connectivity index (χ1n) is 7.92. The molecule has 0 atom stereocenters. The average molecular weight is 250 g/mol. The van der Waals surface area contributed by atoms with Gasteiger partial charge in [0.15, 0.2) is 0 Å². The average Bonchev–Trinajstić information content (AvgIpc) is 2.87. The van der Waals surface area contributed by atoms with Crippen molar-refractivity contribution in [1.29, 1.82) is 0 Å². The first-order chi connectivity index (χ1) is 8.70. The molecule has 0 bridgehead atoms. The molecular weight excluding hydrogens is 220 g/mol. The predicted molar refractivity (Wildman–Crippen MR) is 78.4 cm³/mol. The Balaban J connectivity index is 2.44. The Labute approximate surface area is 113 Å². The normalized spacial score (nSPS) is 16.6. The molecule has 0 unspecified atom stereocenters. The smallest absolute Gasteiger partial charge is 0.125 e. The number of aliphatic hydroxyl groups is 1. The van der Waals surface area contributed by atoms with E-state index in [0.29, 0.717) is 0 Å². The summed E-state index contributed by atoms with van der Waals surface area (Å²) in [6.45, 7) is 4.35. The van der Waals surface area contributed by atoms with Gasteiger partial charge >= 0.3 is 0 Å². The lowest BCUT2D eigenvalue weighted by Crippen LogP contribution is -2.26. The molecule has 1 N–H and O–H groups in total. The van der Waals surface area contributed by atoms with Crippen LogP contribution in [0.1, 0.15) is 84.5 Å². The van der Waals surface area contributed by atoms with Gasteiger partial charge in [0, 0.05) is 6.42 Å². The van der Waals surface area contributed by atoms with E-state index in [1.54, 1.807) is 0 Å². The van der Waals surface area contributed by atoms with Crippen molar-refractivity contribution in [3.8, 4) is 11.8 Å². The molecule has 18 heavy (non-hydrogen) atoms. The van der Waals surface area contributed by atoms with Gasteiger partial charge in [-0.05, 0) is 44.4 Å². The zero-order chi connectivity index (χ0) is 13.3. The van der Waals surface area contributed by atoms with Crippen LogP contribution in [0.15, 0.2) is 0 Å². The topological polar surface area (TPSA) is 20.2 Å². The second-order valence-corrected chi connectivity index (χ2v) is 5.90. The number of unbranched alkanes of at least 4 members (excludes halogenated alkanes) is 2. The monoisotopic (exact) mass is 250 g/mol. The van der Waals surface area contributed by atoms with Gasteiger partial charge in [0.25, 0.3) is 0 Å². The van der Waals surface area contributed by atoms with Crippen molar-refractivity contribution in [1.82, 2.24) is 0 Å². The largest absolute Gasteiger partial charge is 0.378 e. The minimum atomic E-state index is -0.704. The SMILES string of the molecule is CCCCC(O)(C#CCC1CCCC1)CCCC. The van der Waals surface area contributed by atoms with Crippen LogP contribution < -0.4 is 0 Å². The van der Waals surface area contributed by atoms with Crippen molar-refractivity contribution in [2.45, 2.75) is 90.1 Å². The quantitative estimate of drug-likeness (QED) is 0.650. The van der Waals surface area contributed by atoms with Crippen molar-refractivity contribution in [3.63, 3.8) is 0 Å². The van der Waals surface area contributed by atoms with E-state index in [-0.39, 0.29) is 0 Å². The molecule has 0 aromatic rings. The predicted octanol–water partition coefficient (Wildman–Crippen LogP) is 4.68. The summed E-state index contributed by atoms with van der Waals surface area (Å²) in [6, 6.07) is 0.